The highest BCUT2D eigenvalue weighted by molar-refractivity contribution is 6.23. The van der Waals surface area contributed by atoms with Crippen LogP contribution in [0.4, 0.5) is 11.4 Å². The van der Waals surface area contributed by atoms with Gasteiger partial charge in [0.05, 0.1) is 17.3 Å². The molecule has 1 atom stereocenters. The molecule has 0 aliphatic carbocycles. The molecule has 5 heteroatoms. The third-order valence-electron chi connectivity index (χ3n) is 3.60. The quantitative estimate of drug-likeness (QED) is 0.652. The fraction of sp³-hybridized carbons (Fsp3) is 0.125. The molecule has 2 aromatic rings. The van der Waals surface area contributed by atoms with E-state index in [1.807, 2.05) is 30.3 Å². The topological polar surface area (TPSA) is 83.6 Å². The predicted octanol–water partition coefficient (Wildman–Crippen LogP) is 2.02. The van der Waals surface area contributed by atoms with Crippen LogP contribution in [0.2, 0.25) is 0 Å². The molecule has 1 unspecified atom stereocenters. The van der Waals surface area contributed by atoms with Gasteiger partial charge in [0, 0.05) is 12.5 Å². The number of hydrogen-bond donors (Lipinski definition) is 2. The average Bonchev–Trinajstić information content (AvgIpc) is 2.76. The first-order chi connectivity index (χ1) is 10.1. The van der Waals surface area contributed by atoms with Crippen molar-refractivity contribution in [3.05, 3.63) is 54.1 Å². The Hall–Kier alpha value is -2.82. The van der Waals surface area contributed by atoms with Gasteiger partial charge in [-0.3, -0.25) is 9.59 Å². The molecule has 0 radical (unpaired) electrons. The molecule has 2 amide bonds. The summed E-state index contributed by atoms with van der Waals surface area (Å²) in [5.74, 6) is -1.06. The van der Waals surface area contributed by atoms with Crippen molar-refractivity contribution in [2.24, 2.45) is 0 Å². The van der Waals surface area contributed by atoms with Crippen LogP contribution < -0.4 is 10.6 Å². The summed E-state index contributed by atoms with van der Waals surface area (Å²) in [6, 6.07) is 13.4. The van der Waals surface area contributed by atoms with E-state index in [1.54, 1.807) is 0 Å². The smallest absolute Gasteiger partial charge is 0.241 e. The van der Waals surface area contributed by atoms with Crippen molar-refractivity contribution >= 4 is 23.2 Å². The van der Waals surface area contributed by atoms with Crippen LogP contribution in [-0.4, -0.2) is 16.9 Å². The number of nitrogens with zero attached hydrogens (tertiary/aromatic N) is 1. The highest BCUT2D eigenvalue weighted by Crippen LogP contribution is 2.36. The molecule has 21 heavy (non-hydrogen) atoms. The molecule has 5 nitrogen and oxygen atoms in total. The van der Waals surface area contributed by atoms with Crippen LogP contribution in [0.5, 0.6) is 5.75 Å². The largest absolute Gasteiger partial charge is 0.508 e. The van der Waals surface area contributed by atoms with Gasteiger partial charge in [0.1, 0.15) is 5.75 Å². The SMILES string of the molecule is Nc1cc(O)ccc1N1C(=O)CC(c2ccccc2)C1=O. The second-order valence-corrected chi connectivity index (χ2v) is 4.98. The second-order valence-electron chi connectivity index (χ2n) is 4.98. The van der Waals surface area contributed by atoms with Gasteiger partial charge in [0.2, 0.25) is 11.8 Å². The molecule has 1 aliphatic heterocycles. The van der Waals surface area contributed by atoms with Crippen LogP contribution in [-0.2, 0) is 9.59 Å². The third kappa shape index (κ3) is 2.23. The predicted molar refractivity (Wildman–Crippen MR) is 78.8 cm³/mol. The van der Waals surface area contributed by atoms with Crippen LogP contribution in [0.25, 0.3) is 0 Å². The number of nitrogens with two attached hydrogens (primary N) is 1. The third-order valence-corrected chi connectivity index (χ3v) is 3.60. The highest BCUT2D eigenvalue weighted by atomic mass is 16.3. The number of carbonyl (C=O) groups excluding carboxylic acids is 2. The van der Waals surface area contributed by atoms with Gasteiger partial charge in [-0.1, -0.05) is 30.3 Å². The maximum Gasteiger partial charge on any atom is 0.241 e. The fourth-order valence-electron chi connectivity index (χ4n) is 2.58. The van der Waals surface area contributed by atoms with E-state index in [4.69, 9.17) is 5.73 Å². The van der Waals surface area contributed by atoms with Crippen molar-refractivity contribution in [2.75, 3.05) is 10.6 Å². The van der Waals surface area contributed by atoms with Gasteiger partial charge in [-0.25, -0.2) is 4.90 Å². The van der Waals surface area contributed by atoms with E-state index in [2.05, 4.69) is 0 Å². The van der Waals surface area contributed by atoms with Crippen molar-refractivity contribution in [3.63, 3.8) is 0 Å². The van der Waals surface area contributed by atoms with Gasteiger partial charge in [-0.2, -0.15) is 0 Å². The first-order valence-electron chi connectivity index (χ1n) is 6.58. The van der Waals surface area contributed by atoms with E-state index in [-0.39, 0.29) is 29.7 Å². The summed E-state index contributed by atoms with van der Waals surface area (Å²) in [6.07, 6.45) is 0.128. The van der Waals surface area contributed by atoms with Crippen LogP contribution >= 0.6 is 0 Å². The number of hydrogen-bond acceptors (Lipinski definition) is 4. The zero-order valence-electron chi connectivity index (χ0n) is 11.2. The maximum absolute atomic E-state index is 12.5. The number of anilines is 2. The number of nitrogen functional groups attached to an aromatic ring is 1. The summed E-state index contributed by atoms with van der Waals surface area (Å²) in [5, 5.41) is 9.37. The molecule has 0 saturated carbocycles. The van der Waals surface area contributed by atoms with Gasteiger partial charge in [0.25, 0.3) is 0 Å². The lowest BCUT2D eigenvalue weighted by Gasteiger charge is -2.17. The zero-order valence-corrected chi connectivity index (χ0v) is 11.2. The Bertz CT molecular complexity index is 713. The lowest BCUT2D eigenvalue weighted by Crippen LogP contribution is -2.30. The summed E-state index contributed by atoms with van der Waals surface area (Å²) in [5.41, 5.74) is 7.14. The van der Waals surface area contributed by atoms with E-state index in [1.165, 1.54) is 18.2 Å². The Morgan fingerprint density at radius 2 is 1.81 bits per heavy atom. The van der Waals surface area contributed by atoms with Crippen LogP contribution in [0.15, 0.2) is 48.5 Å². The second kappa shape index (κ2) is 4.94. The van der Waals surface area contributed by atoms with Crippen LogP contribution in [0, 0.1) is 0 Å². The Morgan fingerprint density at radius 3 is 2.48 bits per heavy atom. The Morgan fingerprint density at radius 1 is 1.10 bits per heavy atom. The summed E-state index contributed by atoms with van der Waals surface area (Å²) in [7, 11) is 0. The van der Waals surface area contributed by atoms with Gasteiger partial charge in [-0.15, -0.1) is 0 Å². The van der Waals surface area contributed by atoms with Crippen molar-refractivity contribution < 1.29 is 14.7 Å². The first-order valence-corrected chi connectivity index (χ1v) is 6.58. The Balaban J connectivity index is 1.98. The molecule has 1 fully saturated rings. The number of rotatable bonds is 2. The molecule has 1 heterocycles. The van der Waals surface area contributed by atoms with E-state index in [0.29, 0.717) is 5.69 Å². The molecular weight excluding hydrogens is 268 g/mol. The van der Waals surface area contributed by atoms with Crippen LogP contribution in [0.1, 0.15) is 17.9 Å². The molecule has 2 aromatic carbocycles. The summed E-state index contributed by atoms with van der Waals surface area (Å²) in [6.45, 7) is 0. The standard InChI is InChI=1S/C16H14N2O3/c17-13-8-11(19)6-7-14(13)18-15(20)9-12(16(18)21)10-4-2-1-3-5-10/h1-8,12,19H,9,17H2. The first kappa shape index (κ1) is 13.2. The number of aromatic hydroxyl groups is 1. The fourth-order valence-corrected chi connectivity index (χ4v) is 2.58. The number of amides is 2. The molecule has 3 rings (SSSR count). The van der Waals surface area contributed by atoms with Gasteiger partial charge in [0.15, 0.2) is 0 Å². The molecule has 3 N–H and O–H groups in total. The summed E-state index contributed by atoms with van der Waals surface area (Å²) < 4.78 is 0. The molecule has 0 bridgehead atoms. The van der Waals surface area contributed by atoms with Crippen LogP contribution in [0.3, 0.4) is 0 Å². The molecule has 1 aliphatic rings. The van der Waals surface area contributed by atoms with Gasteiger partial charge in [-0.05, 0) is 17.7 Å². The van der Waals surface area contributed by atoms with Crippen molar-refractivity contribution in [1.29, 1.82) is 0 Å². The van der Waals surface area contributed by atoms with Gasteiger partial charge >= 0.3 is 0 Å². The number of phenolic OH excluding ortho intramolecular Hbond substituents is 1. The highest BCUT2D eigenvalue weighted by Gasteiger charge is 2.40. The summed E-state index contributed by atoms with van der Waals surface area (Å²) >= 11 is 0. The zero-order chi connectivity index (χ0) is 15.0. The Kier molecular flexibility index (Phi) is 3.10. The molecule has 0 spiro atoms. The number of carbonyl (C=O) groups is 2. The minimum atomic E-state index is -0.480. The number of phenols is 1. The van der Waals surface area contributed by atoms with Crippen molar-refractivity contribution in [1.82, 2.24) is 0 Å². The summed E-state index contributed by atoms with van der Waals surface area (Å²) in [4.78, 5) is 25.8. The monoisotopic (exact) mass is 282 g/mol. The molecule has 106 valence electrons. The van der Waals surface area contributed by atoms with E-state index < -0.39 is 5.92 Å². The van der Waals surface area contributed by atoms with Crippen molar-refractivity contribution in [3.8, 4) is 5.75 Å². The normalized spacial score (nSPS) is 18.3. The van der Waals surface area contributed by atoms with Crippen molar-refractivity contribution in [2.45, 2.75) is 12.3 Å². The van der Waals surface area contributed by atoms with E-state index in [0.717, 1.165) is 10.5 Å². The average molecular weight is 282 g/mol. The maximum atomic E-state index is 12.5. The molecule has 1 saturated heterocycles. The van der Waals surface area contributed by atoms with E-state index in [9.17, 15) is 14.7 Å². The van der Waals surface area contributed by atoms with Gasteiger partial charge < -0.3 is 10.8 Å². The lowest BCUT2D eigenvalue weighted by molar-refractivity contribution is -0.121. The number of imide groups is 1. The minimum Gasteiger partial charge on any atom is -0.508 e. The minimum absolute atomic E-state index is 0.00467. The molecular formula is C16H14N2O3. The lowest BCUT2D eigenvalue weighted by atomic mass is 9.98. The number of benzene rings is 2. The molecule has 0 aromatic heterocycles. The Labute approximate surface area is 121 Å². The van der Waals surface area contributed by atoms with E-state index >= 15 is 0 Å².